The van der Waals surface area contributed by atoms with E-state index in [4.69, 9.17) is 5.73 Å². The largest absolute Gasteiger partial charge is 0.399 e. The summed E-state index contributed by atoms with van der Waals surface area (Å²) < 4.78 is 25.4. The lowest BCUT2D eigenvalue weighted by Crippen LogP contribution is -2.30. The topological polar surface area (TPSA) is 122 Å². The van der Waals surface area contributed by atoms with Crippen LogP contribution in [-0.4, -0.2) is 38.8 Å². The number of aliphatic hydroxyl groups is 1. The van der Waals surface area contributed by atoms with Gasteiger partial charge < -0.3 is 16.2 Å². The van der Waals surface area contributed by atoms with Crippen LogP contribution in [0.4, 0.5) is 5.69 Å². The quantitative estimate of drug-likeness (QED) is 0.171. The van der Waals surface area contributed by atoms with Crippen LogP contribution in [-0.2, 0) is 16.4 Å². The van der Waals surface area contributed by atoms with Crippen LogP contribution in [0.3, 0.4) is 0 Å². The third kappa shape index (κ3) is 9.49. The van der Waals surface area contributed by atoms with Crippen molar-refractivity contribution in [3.05, 3.63) is 89.0 Å². The number of aliphatic hydroxyl groups excluding tert-OH is 1. The number of nitrogens with two attached hydrogens (primary N) is 1. The average molecular weight is 609 g/mol. The second-order valence-electron chi connectivity index (χ2n) is 10.2. The van der Waals surface area contributed by atoms with E-state index in [1.54, 1.807) is 18.2 Å². The molecule has 0 spiro atoms. The number of carbonyl (C=O) groups is 1. The maximum Gasteiger partial charge on any atom is 0.265 e. The lowest BCUT2D eigenvalue weighted by molar-refractivity contribution is 0.0980. The fourth-order valence-corrected chi connectivity index (χ4v) is 5.55. The van der Waals surface area contributed by atoms with Crippen molar-refractivity contribution < 1.29 is 18.3 Å². The SMILES string of the molecule is CS(=O)(=O)NC(=O)c1ccc(-c2ccc(CCCNC[C@H](O)c3ccc(N)cc3)cc2)cc1C1CCCC1.Cl.Cl. The zero-order valence-corrected chi connectivity index (χ0v) is 25.1. The third-order valence-corrected chi connectivity index (χ3v) is 7.69. The Hall–Kier alpha value is -2.62. The van der Waals surface area contributed by atoms with Gasteiger partial charge in [-0.05, 0) is 84.2 Å². The molecule has 0 aromatic heterocycles. The molecule has 3 aromatic rings. The molecule has 0 bridgehead atoms. The van der Waals surface area contributed by atoms with E-state index in [1.807, 2.05) is 18.2 Å². The Bertz CT molecular complexity index is 1340. The fraction of sp³-hybridized carbons (Fsp3) is 0.367. The Morgan fingerprint density at radius 2 is 1.60 bits per heavy atom. The predicted octanol–water partition coefficient (Wildman–Crippen LogP) is 5.38. The van der Waals surface area contributed by atoms with Crippen LogP contribution in [0.25, 0.3) is 11.1 Å². The molecule has 0 unspecified atom stereocenters. The molecule has 1 amide bonds. The number of amides is 1. The summed E-state index contributed by atoms with van der Waals surface area (Å²) in [6.45, 7) is 1.29. The van der Waals surface area contributed by atoms with Gasteiger partial charge in [-0.15, -0.1) is 24.8 Å². The fourth-order valence-electron chi connectivity index (χ4n) is 5.10. The first-order valence-corrected chi connectivity index (χ1v) is 15.1. The number of benzene rings is 3. The van der Waals surface area contributed by atoms with E-state index in [9.17, 15) is 18.3 Å². The number of rotatable bonds is 11. The van der Waals surface area contributed by atoms with Crippen molar-refractivity contribution in [2.45, 2.75) is 50.5 Å². The van der Waals surface area contributed by atoms with Crippen LogP contribution in [0.15, 0.2) is 66.7 Å². The predicted molar refractivity (Wildman–Crippen MR) is 167 cm³/mol. The lowest BCUT2D eigenvalue weighted by Gasteiger charge is -2.17. The molecule has 1 aliphatic carbocycles. The first-order valence-electron chi connectivity index (χ1n) is 13.2. The van der Waals surface area contributed by atoms with Gasteiger partial charge >= 0.3 is 0 Å². The molecule has 4 rings (SSSR count). The molecule has 0 radical (unpaired) electrons. The van der Waals surface area contributed by atoms with Gasteiger partial charge in [0, 0.05) is 17.8 Å². The number of nitrogen functional groups attached to an aromatic ring is 1. The van der Waals surface area contributed by atoms with E-state index in [0.717, 1.165) is 73.6 Å². The number of sulfonamides is 1. The highest BCUT2D eigenvalue weighted by molar-refractivity contribution is 7.89. The molecular weight excluding hydrogens is 569 g/mol. The van der Waals surface area contributed by atoms with Gasteiger partial charge in [-0.3, -0.25) is 4.79 Å². The first kappa shape index (κ1) is 33.6. The zero-order valence-electron chi connectivity index (χ0n) is 22.6. The van der Waals surface area contributed by atoms with Gasteiger partial charge in [-0.1, -0.05) is 61.4 Å². The van der Waals surface area contributed by atoms with Crippen LogP contribution >= 0.6 is 24.8 Å². The smallest absolute Gasteiger partial charge is 0.265 e. The number of hydrogen-bond donors (Lipinski definition) is 4. The van der Waals surface area contributed by atoms with Crippen molar-refractivity contribution in [2.24, 2.45) is 0 Å². The number of nitrogens with one attached hydrogen (secondary N) is 2. The average Bonchev–Trinajstić information content (AvgIpc) is 3.43. The molecule has 218 valence electrons. The van der Waals surface area contributed by atoms with Crippen molar-refractivity contribution in [3.8, 4) is 11.1 Å². The number of carbonyl (C=O) groups excluding carboxylic acids is 1. The maximum atomic E-state index is 12.7. The van der Waals surface area contributed by atoms with Gasteiger partial charge in [0.15, 0.2) is 0 Å². The van der Waals surface area contributed by atoms with Gasteiger partial charge in [0.25, 0.3) is 5.91 Å². The van der Waals surface area contributed by atoms with Crippen molar-refractivity contribution in [1.29, 1.82) is 0 Å². The molecule has 1 atom stereocenters. The summed E-state index contributed by atoms with van der Waals surface area (Å²) in [5, 5.41) is 13.6. The number of hydrogen-bond acceptors (Lipinski definition) is 6. The second kappa shape index (κ2) is 15.4. The van der Waals surface area contributed by atoms with E-state index in [-0.39, 0.29) is 30.7 Å². The molecular formula is C30H39Cl2N3O4S. The van der Waals surface area contributed by atoms with Crippen LogP contribution in [0.1, 0.15) is 71.2 Å². The Morgan fingerprint density at radius 3 is 2.23 bits per heavy atom. The molecule has 0 aliphatic heterocycles. The van der Waals surface area contributed by atoms with E-state index in [1.165, 1.54) is 5.56 Å². The standard InChI is InChI=1S/C30H37N3O4S.2ClH/c1-38(36,37)33-30(35)27-17-14-25(19-28(27)23-6-2-3-7-23)22-10-8-21(9-11-22)5-4-18-32-20-29(34)24-12-15-26(31)16-13-24;;/h8-17,19,23,29,32,34H,2-7,18,20,31H2,1H3,(H,33,35);2*1H/t29-;;/m0../s1. The Balaban J connectivity index is 0.00000280. The minimum atomic E-state index is -3.63. The summed E-state index contributed by atoms with van der Waals surface area (Å²) >= 11 is 0. The van der Waals surface area contributed by atoms with Crippen LogP contribution in [0.2, 0.25) is 0 Å². The molecule has 1 fully saturated rings. The Morgan fingerprint density at radius 1 is 0.975 bits per heavy atom. The van der Waals surface area contributed by atoms with Crippen LogP contribution < -0.4 is 15.8 Å². The van der Waals surface area contributed by atoms with Crippen molar-refractivity contribution >= 4 is 46.4 Å². The van der Waals surface area contributed by atoms with Gasteiger partial charge in [0.1, 0.15) is 0 Å². The summed E-state index contributed by atoms with van der Waals surface area (Å²) in [6, 6.07) is 21.4. The van der Waals surface area contributed by atoms with Crippen LogP contribution in [0, 0.1) is 0 Å². The normalized spacial score (nSPS) is 14.2. The maximum absolute atomic E-state index is 12.7. The molecule has 0 saturated heterocycles. The Kier molecular flexibility index (Phi) is 12.9. The molecule has 1 saturated carbocycles. The van der Waals surface area contributed by atoms with Gasteiger partial charge in [0.05, 0.1) is 12.4 Å². The minimum absolute atomic E-state index is 0. The number of aryl methyl sites for hydroxylation is 1. The molecule has 3 aromatic carbocycles. The molecule has 7 nitrogen and oxygen atoms in total. The number of halogens is 2. The monoisotopic (exact) mass is 607 g/mol. The Labute approximate surface area is 249 Å². The van der Waals surface area contributed by atoms with Crippen molar-refractivity contribution in [2.75, 3.05) is 25.1 Å². The molecule has 1 aliphatic rings. The number of anilines is 1. The van der Waals surface area contributed by atoms with E-state index < -0.39 is 22.0 Å². The van der Waals surface area contributed by atoms with Crippen molar-refractivity contribution in [3.63, 3.8) is 0 Å². The zero-order chi connectivity index (χ0) is 27.1. The molecule has 5 N–H and O–H groups in total. The van der Waals surface area contributed by atoms with E-state index >= 15 is 0 Å². The third-order valence-electron chi connectivity index (χ3n) is 7.13. The first-order chi connectivity index (χ1) is 18.2. The summed E-state index contributed by atoms with van der Waals surface area (Å²) in [7, 11) is -3.63. The van der Waals surface area contributed by atoms with Crippen molar-refractivity contribution in [1.82, 2.24) is 10.0 Å². The highest BCUT2D eigenvalue weighted by atomic mass is 35.5. The summed E-state index contributed by atoms with van der Waals surface area (Å²) in [5.41, 5.74) is 11.9. The summed E-state index contributed by atoms with van der Waals surface area (Å²) in [5.74, 6) is -0.300. The highest BCUT2D eigenvalue weighted by Gasteiger charge is 2.24. The molecule has 10 heteroatoms. The lowest BCUT2D eigenvalue weighted by atomic mass is 9.89. The summed E-state index contributed by atoms with van der Waals surface area (Å²) in [6.07, 6.45) is 6.55. The van der Waals surface area contributed by atoms with E-state index in [0.29, 0.717) is 17.8 Å². The second-order valence-corrected chi connectivity index (χ2v) is 11.9. The molecule has 0 heterocycles. The van der Waals surface area contributed by atoms with Crippen LogP contribution in [0.5, 0.6) is 0 Å². The van der Waals surface area contributed by atoms with Gasteiger partial charge in [0.2, 0.25) is 10.0 Å². The van der Waals surface area contributed by atoms with E-state index in [2.05, 4.69) is 40.4 Å². The summed E-state index contributed by atoms with van der Waals surface area (Å²) in [4.78, 5) is 12.7. The minimum Gasteiger partial charge on any atom is -0.399 e. The molecule has 40 heavy (non-hydrogen) atoms. The highest BCUT2D eigenvalue weighted by Crippen LogP contribution is 2.38. The van der Waals surface area contributed by atoms with Gasteiger partial charge in [-0.25, -0.2) is 13.1 Å². The van der Waals surface area contributed by atoms with Gasteiger partial charge in [-0.2, -0.15) is 0 Å².